The summed E-state index contributed by atoms with van der Waals surface area (Å²) in [4.78, 5) is 12.4. The van der Waals surface area contributed by atoms with Crippen molar-refractivity contribution in [1.82, 2.24) is 5.32 Å². The van der Waals surface area contributed by atoms with Gasteiger partial charge in [-0.25, -0.2) is 0 Å². The molecule has 2 rings (SSSR count). The Morgan fingerprint density at radius 2 is 1.85 bits per heavy atom. The van der Waals surface area contributed by atoms with E-state index in [0.29, 0.717) is 13.0 Å². The number of hydrogen-bond donors (Lipinski definition) is 1. The average molecular weight is 370 g/mol. The molecule has 0 saturated heterocycles. The molecular weight excluding hydrogens is 338 g/mol. The number of amides is 1. The predicted octanol–water partition coefficient (Wildman–Crippen LogP) is 4.69. The largest absolute Gasteiger partial charge is 0.491 e. The van der Waals surface area contributed by atoms with Gasteiger partial charge < -0.3 is 14.8 Å². The minimum Gasteiger partial charge on any atom is -0.491 e. The Labute approximate surface area is 162 Å². The summed E-state index contributed by atoms with van der Waals surface area (Å²) in [5.41, 5.74) is 2.25. The van der Waals surface area contributed by atoms with Gasteiger partial charge in [-0.15, -0.1) is 0 Å². The lowest BCUT2D eigenvalue weighted by atomic mass is 10.1. The summed E-state index contributed by atoms with van der Waals surface area (Å²) < 4.78 is 11.6. The van der Waals surface area contributed by atoms with E-state index in [9.17, 15) is 4.79 Å². The first kappa shape index (κ1) is 20.8. The van der Waals surface area contributed by atoms with Crippen molar-refractivity contribution in [2.24, 2.45) is 0 Å². The van der Waals surface area contributed by atoms with Crippen LogP contribution in [0, 0.1) is 6.92 Å². The molecule has 0 radical (unpaired) electrons. The molecule has 146 valence electrons. The van der Waals surface area contributed by atoms with Crippen molar-refractivity contribution >= 4 is 5.91 Å². The normalized spacial score (nSPS) is 11.9. The van der Waals surface area contributed by atoms with Crippen LogP contribution in [0.15, 0.2) is 48.5 Å². The summed E-state index contributed by atoms with van der Waals surface area (Å²) in [6.07, 6.45) is 2.10. The first-order valence-electron chi connectivity index (χ1n) is 9.75. The van der Waals surface area contributed by atoms with E-state index in [1.165, 1.54) is 5.56 Å². The Hall–Kier alpha value is -2.49. The standard InChI is InChI=1S/C23H31NO3/c1-5-21(27-22-14-7-6-10-18(22)4)23(25)24-15-9-12-19-11-8-13-20(16-19)26-17(2)3/h6-8,10-11,13-14,16-17,21H,5,9,12,15H2,1-4H3,(H,24,25)/t21-/m0/s1. The van der Waals surface area contributed by atoms with Crippen molar-refractivity contribution in [3.8, 4) is 11.5 Å². The van der Waals surface area contributed by atoms with Crippen molar-refractivity contribution in [2.45, 2.75) is 59.2 Å². The van der Waals surface area contributed by atoms with Crippen LogP contribution >= 0.6 is 0 Å². The fraction of sp³-hybridized carbons (Fsp3) is 0.435. The van der Waals surface area contributed by atoms with Gasteiger partial charge in [-0.05, 0) is 69.4 Å². The van der Waals surface area contributed by atoms with Crippen LogP contribution in [0.2, 0.25) is 0 Å². The zero-order chi connectivity index (χ0) is 19.6. The minimum atomic E-state index is -0.464. The second kappa shape index (κ2) is 10.6. The van der Waals surface area contributed by atoms with Crippen LogP contribution in [0.4, 0.5) is 0 Å². The predicted molar refractivity (Wildman–Crippen MR) is 109 cm³/mol. The van der Waals surface area contributed by atoms with Crippen molar-refractivity contribution in [3.05, 3.63) is 59.7 Å². The van der Waals surface area contributed by atoms with Crippen LogP contribution in [0.1, 0.15) is 44.7 Å². The molecule has 4 heteroatoms. The highest BCUT2D eigenvalue weighted by molar-refractivity contribution is 5.81. The van der Waals surface area contributed by atoms with E-state index < -0.39 is 6.10 Å². The van der Waals surface area contributed by atoms with Gasteiger partial charge in [-0.3, -0.25) is 4.79 Å². The van der Waals surface area contributed by atoms with Gasteiger partial charge in [-0.2, -0.15) is 0 Å². The lowest BCUT2D eigenvalue weighted by Crippen LogP contribution is -2.38. The summed E-state index contributed by atoms with van der Waals surface area (Å²) in [6, 6.07) is 15.9. The van der Waals surface area contributed by atoms with Crippen molar-refractivity contribution < 1.29 is 14.3 Å². The molecular formula is C23H31NO3. The Morgan fingerprint density at radius 3 is 2.56 bits per heavy atom. The minimum absolute atomic E-state index is 0.0577. The van der Waals surface area contributed by atoms with Crippen LogP contribution in [-0.2, 0) is 11.2 Å². The molecule has 2 aromatic rings. The molecule has 0 heterocycles. The zero-order valence-corrected chi connectivity index (χ0v) is 16.8. The Morgan fingerprint density at radius 1 is 1.07 bits per heavy atom. The smallest absolute Gasteiger partial charge is 0.261 e. The van der Waals surface area contributed by atoms with Gasteiger partial charge >= 0.3 is 0 Å². The summed E-state index contributed by atoms with van der Waals surface area (Å²) in [5, 5.41) is 3.00. The molecule has 1 N–H and O–H groups in total. The second-order valence-corrected chi connectivity index (χ2v) is 6.99. The Kier molecular flexibility index (Phi) is 8.18. The van der Waals surface area contributed by atoms with Crippen LogP contribution in [0.3, 0.4) is 0 Å². The van der Waals surface area contributed by atoms with E-state index in [1.807, 2.05) is 64.1 Å². The lowest BCUT2D eigenvalue weighted by molar-refractivity contribution is -0.128. The highest BCUT2D eigenvalue weighted by Gasteiger charge is 2.18. The molecule has 0 saturated carbocycles. The third-order valence-electron chi connectivity index (χ3n) is 4.24. The van der Waals surface area contributed by atoms with Crippen LogP contribution < -0.4 is 14.8 Å². The number of nitrogens with one attached hydrogen (secondary N) is 1. The van der Waals surface area contributed by atoms with E-state index in [4.69, 9.17) is 9.47 Å². The number of carbonyl (C=O) groups is 1. The first-order valence-corrected chi connectivity index (χ1v) is 9.75. The van der Waals surface area contributed by atoms with Gasteiger partial charge in [0.25, 0.3) is 5.91 Å². The molecule has 27 heavy (non-hydrogen) atoms. The third-order valence-corrected chi connectivity index (χ3v) is 4.24. The van der Waals surface area contributed by atoms with Gasteiger partial charge in [0, 0.05) is 6.54 Å². The molecule has 1 atom stereocenters. The number of rotatable bonds is 10. The van der Waals surface area contributed by atoms with Gasteiger partial charge in [0.05, 0.1) is 6.10 Å². The maximum atomic E-state index is 12.4. The van der Waals surface area contributed by atoms with Crippen molar-refractivity contribution in [2.75, 3.05) is 6.54 Å². The second-order valence-electron chi connectivity index (χ2n) is 6.99. The summed E-state index contributed by atoms with van der Waals surface area (Å²) in [6.45, 7) is 8.61. The highest BCUT2D eigenvalue weighted by Crippen LogP contribution is 2.19. The van der Waals surface area contributed by atoms with Crippen LogP contribution in [0.25, 0.3) is 0 Å². The van der Waals surface area contributed by atoms with E-state index in [2.05, 4.69) is 17.4 Å². The maximum Gasteiger partial charge on any atom is 0.261 e. The molecule has 1 amide bonds. The van der Waals surface area contributed by atoms with Crippen molar-refractivity contribution in [1.29, 1.82) is 0 Å². The SMILES string of the molecule is CC[C@H](Oc1ccccc1C)C(=O)NCCCc1cccc(OC(C)C)c1. The molecule has 0 bridgehead atoms. The third kappa shape index (κ3) is 6.97. The van der Waals surface area contributed by atoms with E-state index in [-0.39, 0.29) is 12.0 Å². The number of carbonyl (C=O) groups excluding carboxylic acids is 1. The molecule has 4 nitrogen and oxygen atoms in total. The number of ether oxygens (including phenoxy) is 2. The maximum absolute atomic E-state index is 12.4. The van der Waals surface area contributed by atoms with E-state index >= 15 is 0 Å². The summed E-state index contributed by atoms with van der Waals surface area (Å²) >= 11 is 0. The van der Waals surface area contributed by atoms with Gasteiger partial charge in [0.1, 0.15) is 11.5 Å². The van der Waals surface area contributed by atoms with Gasteiger partial charge in [0.2, 0.25) is 0 Å². The molecule has 0 aliphatic heterocycles. The van der Waals surface area contributed by atoms with Crippen LogP contribution in [0.5, 0.6) is 11.5 Å². The summed E-state index contributed by atoms with van der Waals surface area (Å²) in [5.74, 6) is 1.60. The molecule has 0 aliphatic rings. The average Bonchev–Trinajstić information content (AvgIpc) is 2.64. The first-order chi connectivity index (χ1) is 13.0. The van der Waals surface area contributed by atoms with Crippen LogP contribution in [-0.4, -0.2) is 24.7 Å². The molecule has 0 aromatic heterocycles. The fourth-order valence-electron chi connectivity index (χ4n) is 2.83. The molecule has 0 unspecified atom stereocenters. The van der Waals surface area contributed by atoms with E-state index in [0.717, 1.165) is 29.9 Å². The summed E-state index contributed by atoms with van der Waals surface area (Å²) in [7, 11) is 0. The molecule has 2 aromatic carbocycles. The Balaban J connectivity index is 1.78. The van der Waals surface area contributed by atoms with E-state index in [1.54, 1.807) is 0 Å². The quantitative estimate of drug-likeness (QED) is 0.618. The number of para-hydroxylation sites is 1. The number of hydrogen-bond acceptors (Lipinski definition) is 3. The molecule has 0 fully saturated rings. The lowest BCUT2D eigenvalue weighted by Gasteiger charge is -2.18. The van der Waals surface area contributed by atoms with Gasteiger partial charge in [0.15, 0.2) is 6.10 Å². The Bertz CT molecular complexity index is 727. The zero-order valence-electron chi connectivity index (χ0n) is 16.8. The number of benzene rings is 2. The highest BCUT2D eigenvalue weighted by atomic mass is 16.5. The fourth-order valence-corrected chi connectivity index (χ4v) is 2.83. The monoisotopic (exact) mass is 369 g/mol. The number of aryl methyl sites for hydroxylation is 2. The van der Waals surface area contributed by atoms with Gasteiger partial charge in [-0.1, -0.05) is 37.3 Å². The topological polar surface area (TPSA) is 47.6 Å². The molecule has 0 spiro atoms. The van der Waals surface area contributed by atoms with Crippen molar-refractivity contribution in [3.63, 3.8) is 0 Å². The molecule has 0 aliphatic carbocycles.